The molecule has 4 atom stereocenters. The van der Waals surface area contributed by atoms with E-state index in [9.17, 15) is 39.0 Å². The number of carbonyl (C=O) groups is 6. The molecule has 0 saturated carbocycles. The van der Waals surface area contributed by atoms with E-state index in [1.54, 1.807) is 0 Å². The fourth-order valence-corrected chi connectivity index (χ4v) is 5.61. The number of nitrogens with two attached hydrogens (primary N) is 2. The second kappa shape index (κ2) is 17.6. The van der Waals surface area contributed by atoms with Gasteiger partial charge in [-0.15, -0.1) is 0 Å². The number of rotatable bonds is 19. The van der Waals surface area contributed by atoms with Gasteiger partial charge in [-0.1, -0.05) is 21.6 Å². The van der Waals surface area contributed by atoms with Gasteiger partial charge in [0.25, 0.3) is 0 Å². The molecule has 230 valence electrons. The molecule has 0 fully saturated rings. The summed E-state index contributed by atoms with van der Waals surface area (Å²) in [6, 6.07) is -5.04. The van der Waals surface area contributed by atoms with E-state index in [2.05, 4.69) is 41.2 Å². The zero-order valence-corrected chi connectivity index (χ0v) is 23.7. The fraction of sp³-hybridized carbons (Fsp3) is 0.455. The molecule has 0 spiro atoms. The monoisotopic (exact) mass is 628 g/mol. The van der Waals surface area contributed by atoms with Crippen LogP contribution >= 0.6 is 21.6 Å². The van der Waals surface area contributed by atoms with Gasteiger partial charge in [-0.3, -0.25) is 19.2 Å². The van der Waals surface area contributed by atoms with Gasteiger partial charge in [-0.05, 0) is 0 Å². The Kier molecular flexibility index (Phi) is 14.3. The number of hydrogen-bond donors (Lipinski definition) is 10. The summed E-state index contributed by atoms with van der Waals surface area (Å²) >= 11 is 0. The molecule has 20 heteroatoms. The van der Waals surface area contributed by atoms with Crippen LogP contribution in [0.3, 0.4) is 0 Å². The third-order valence-electron chi connectivity index (χ3n) is 5.41. The molecule has 0 radical (unpaired) electrons. The molecule has 2 aromatic rings. The lowest BCUT2D eigenvalue weighted by Gasteiger charge is -2.22. The van der Waals surface area contributed by atoms with Crippen molar-refractivity contribution in [1.29, 1.82) is 0 Å². The number of aromatic amines is 2. The van der Waals surface area contributed by atoms with Gasteiger partial charge in [0.15, 0.2) is 0 Å². The minimum absolute atomic E-state index is 0.0740. The van der Waals surface area contributed by atoms with E-state index in [4.69, 9.17) is 11.5 Å². The first-order chi connectivity index (χ1) is 20.0. The molecule has 0 aliphatic heterocycles. The molecular formula is C22H32N10O8S2. The molecule has 18 nitrogen and oxygen atoms in total. The molecule has 0 unspecified atom stereocenters. The summed E-state index contributed by atoms with van der Waals surface area (Å²) in [4.78, 5) is 86.2. The lowest BCUT2D eigenvalue weighted by molar-refractivity contribution is -0.142. The number of carboxylic acid groups (broad SMARTS) is 2. The molecule has 0 bridgehead atoms. The van der Waals surface area contributed by atoms with E-state index >= 15 is 0 Å². The van der Waals surface area contributed by atoms with Crippen LogP contribution < -0.4 is 32.7 Å². The number of nitrogens with zero attached hydrogens (tertiary/aromatic N) is 2. The predicted molar refractivity (Wildman–Crippen MR) is 151 cm³/mol. The Hall–Kier alpha value is -4.14. The van der Waals surface area contributed by atoms with Crippen molar-refractivity contribution in [3.63, 3.8) is 0 Å². The third-order valence-corrected chi connectivity index (χ3v) is 7.84. The van der Waals surface area contributed by atoms with Gasteiger partial charge in [0.05, 0.1) is 25.7 Å². The second-order valence-corrected chi connectivity index (χ2v) is 11.1. The molecule has 0 aromatic carbocycles. The van der Waals surface area contributed by atoms with E-state index in [0.29, 0.717) is 11.4 Å². The number of imidazole rings is 2. The first-order valence-electron chi connectivity index (χ1n) is 12.3. The van der Waals surface area contributed by atoms with Crippen molar-refractivity contribution in [2.45, 2.75) is 37.0 Å². The van der Waals surface area contributed by atoms with E-state index in [1.165, 1.54) is 25.0 Å². The Morgan fingerprint density at radius 1 is 0.690 bits per heavy atom. The summed E-state index contributed by atoms with van der Waals surface area (Å²) in [6.07, 6.45) is 5.37. The Morgan fingerprint density at radius 3 is 1.36 bits per heavy atom. The first kappa shape index (κ1) is 34.1. The zero-order valence-electron chi connectivity index (χ0n) is 22.1. The van der Waals surface area contributed by atoms with Gasteiger partial charge in [-0.25, -0.2) is 19.6 Å². The number of hydrogen-bond acceptors (Lipinski definition) is 12. The number of carbonyl (C=O) groups excluding carboxylic acids is 4. The van der Waals surface area contributed by atoms with Crippen molar-refractivity contribution in [2.24, 2.45) is 11.5 Å². The summed E-state index contributed by atoms with van der Waals surface area (Å²) in [5.74, 6) is -5.65. The second-order valence-electron chi connectivity index (χ2n) is 8.58. The van der Waals surface area contributed by atoms with Gasteiger partial charge in [-0.2, -0.15) is 0 Å². The van der Waals surface area contributed by atoms with Crippen LogP contribution in [0.5, 0.6) is 0 Å². The average molecular weight is 629 g/mol. The van der Waals surface area contributed by atoms with Gasteiger partial charge in [0.2, 0.25) is 23.6 Å². The Bertz CT molecular complexity index is 1110. The number of nitrogens with one attached hydrogen (secondary N) is 6. The maximum Gasteiger partial charge on any atom is 0.326 e. The minimum atomic E-state index is -1.32. The normalized spacial score (nSPS) is 13.7. The average Bonchev–Trinajstić information content (AvgIpc) is 3.67. The van der Waals surface area contributed by atoms with Gasteiger partial charge >= 0.3 is 11.9 Å². The Labute approximate surface area is 246 Å². The maximum atomic E-state index is 12.9. The van der Waals surface area contributed by atoms with Crippen molar-refractivity contribution in [3.8, 4) is 0 Å². The first-order valence-corrected chi connectivity index (χ1v) is 14.8. The Morgan fingerprint density at radius 2 is 1.07 bits per heavy atom. The van der Waals surface area contributed by atoms with E-state index in [0.717, 1.165) is 21.6 Å². The molecule has 42 heavy (non-hydrogen) atoms. The minimum Gasteiger partial charge on any atom is -0.480 e. The molecule has 0 saturated heterocycles. The molecule has 2 rings (SSSR count). The number of aromatic nitrogens is 4. The van der Waals surface area contributed by atoms with Crippen molar-refractivity contribution < 1.29 is 39.0 Å². The highest BCUT2D eigenvalue weighted by atomic mass is 33.1. The SMILES string of the molecule is NCC(=O)N[C@@H](CSSC[C@H](NC(=O)CN)C(=O)N[C@@H](Cc1cnc[nH]1)C(=O)O)C(=O)N[C@@H](Cc1cnc[nH]1)C(=O)O. The van der Waals surface area contributed by atoms with Gasteiger partial charge in [0.1, 0.15) is 24.2 Å². The number of H-pyrrole nitrogens is 2. The summed E-state index contributed by atoms with van der Waals surface area (Å²) < 4.78 is 0. The smallest absolute Gasteiger partial charge is 0.326 e. The maximum absolute atomic E-state index is 12.9. The van der Waals surface area contributed by atoms with Crippen molar-refractivity contribution in [2.75, 3.05) is 24.6 Å². The number of amides is 4. The molecule has 2 heterocycles. The lowest BCUT2D eigenvalue weighted by Crippen LogP contribution is -2.54. The third kappa shape index (κ3) is 11.8. The molecule has 2 aromatic heterocycles. The van der Waals surface area contributed by atoms with Crippen molar-refractivity contribution in [3.05, 3.63) is 36.4 Å². The van der Waals surface area contributed by atoms with Crippen LogP contribution in [0, 0.1) is 0 Å². The number of carboxylic acids is 2. The van der Waals surface area contributed by atoms with E-state index in [-0.39, 0.29) is 24.3 Å². The van der Waals surface area contributed by atoms with Crippen LogP contribution in [-0.4, -0.2) is 114 Å². The summed E-state index contributed by atoms with van der Waals surface area (Å²) in [7, 11) is 2.07. The summed E-state index contributed by atoms with van der Waals surface area (Å²) in [5, 5.41) is 28.6. The summed E-state index contributed by atoms with van der Waals surface area (Å²) in [6.45, 7) is -0.844. The molecule has 0 aliphatic carbocycles. The van der Waals surface area contributed by atoms with Crippen LogP contribution in [-0.2, 0) is 41.6 Å². The van der Waals surface area contributed by atoms with Crippen LogP contribution in [0.2, 0.25) is 0 Å². The largest absolute Gasteiger partial charge is 0.480 e. The molecule has 12 N–H and O–H groups in total. The van der Waals surface area contributed by atoms with Crippen molar-refractivity contribution >= 4 is 57.2 Å². The highest BCUT2D eigenvalue weighted by molar-refractivity contribution is 8.76. The van der Waals surface area contributed by atoms with Gasteiger partial charge < -0.3 is 52.9 Å². The molecular weight excluding hydrogens is 596 g/mol. The topological polar surface area (TPSA) is 300 Å². The standard InChI is InChI=1S/C22H32N10O8S2/c23-3-17(33)29-15(19(35)31-13(21(37)38)1-11-5-25-9-27-11)7-41-42-8-16(30-18(34)4-24)20(36)32-14(22(39)40)2-12-6-26-10-28-12/h5-6,9-10,13-16H,1-4,7-8,23-24H2,(H,25,27)(H,26,28)(H,29,33)(H,30,34)(H,31,35)(H,32,36)(H,37,38)(H,39,40)/t13-,14-,15-,16-/m0/s1. The summed E-state index contributed by atoms with van der Waals surface area (Å²) in [5.41, 5.74) is 11.6. The van der Waals surface area contributed by atoms with Crippen LogP contribution in [0.15, 0.2) is 25.0 Å². The van der Waals surface area contributed by atoms with Crippen molar-refractivity contribution in [1.82, 2.24) is 41.2 Å². The predicted octanol–water partition coefficient (Wildman–Crippen LogP) is -3.67. The fourth-order valence-electron chi connectivity index (χ4n) is 3.28. The van der Waals surface area contributed by atoms with Crippen LogP contribution in [0.4, 0.5) is 0 Å². The highest BCUT2D eigenvalue weighted by Gasteiger charge is 2.29. The van der Waals surface area contributed by atoms with Crippen LogP contribution in [0.25, 0.3) is 0 Å². The molecule has 4 amide bonds. The Balaban J connectivity index is 2.02. The highest BCUT2D eigenvalue weighted by Crippen LogP contribution is 2.23. The quantitative estimate of drug-likeness (QED) is 0.0529. The number of aliphatic carboxylic acids is 2. The zero-order chi connectivity index (χ0) is 31.1. The van der Waals surface area contributed by atoms with E-state index < -0.39 is 72.8 Å². The van der Waals surface area contributed by atoms with E-state index in [1.807, 2.05) is 0 Å². The lowest BCUT2D eigenvalue weighted by atomic mass is 10.1. The molecule has 0 aliphatic rings. The van der Waals surface area contributed by atoms with Crippen LogP contribution in [0.1, 0.15) is 11.4 Å². The van der Waals surface area contributed by atoms with Gasteiger partial charge in [0, 0.05) is 48.1 Å².